The second-order valence-electron chi connectivity index (χ2n) is 9.02. The lowest BCUT2D eigenvalue weighted by Crippen LogP contribution is -2.44. The molecule has 1 heterocycles. The lowest BCUT2D eigenvalue weighted by Gasteiger charge is -2.36. The number of hydrogen-bond acceptors (Lipinski definition) is 4. The topological polar surface area (TPSA) is 75.7 Å². The molecule has 194 valence electrons. The molecule has 0 aromatic heterocycles. The fourth-order valence-electron chi connectivity index (χ4n) is 4.31. The monoisotopic (exact) mass is 542 g/mol. The average Bonchev–Trinajstić information content (AvgIpc) is 2.83. The second-order valence-corrected chi connectivity index (χ2v) is 11.3. The van der Waals surface area contributed by atoms with Crippen LogP contribution >= 0.6 is 11.6 Å². The first-order valence-electron chi connectivity index (χ1n) is 11.8. The number of carbonyl (C=O) groups excluding carboxylic acids is 1. The minimum absolute atomic E-state index is 0.0775. The number of anilines is 1. The third-order valence-electron chi connectivity index (χ3n) is 6.07. The largest absolute Gasteiger partial charge is 0.486 e. The lowest BCUT2D eigenvalue weighted by atomic mass is 10.0. The van der Waals surface area contributed by atoms with Gasteiger partial charge in [-0.1, -0.05) is 41.9 Å². The van der Waals surface area contributed by atoms with Crippen LogP contribution < -0.4 is 14.4 Å². The molecule has 0 saturated heterocycles. The van der Waals surface area contributed by atoms with Crippen LogP contribution in [-0.4, -0.2) is 33.5 Å². The predicted molar refractivity (Wildman–Crippen MR) is 145 cm³/mol. The van der Waals surface area contributed by atoms with Crippen LogP contribution in [0.3, 0.4) is 0 Å². The minimum Gasteiger partial charge on any atom is -0.486 e. The van der Waals surface area contributed by atoms with E-state index in [9.17, 15) is 17.6 Å². The molecule has 1 aliphatic heterocycles. The smallest absolute Gasteiger partial charge is 0.264 e. The van der Waals surface area contributed by atoms with E-state index < -0.39 is 21.9 Å². The van der Waals surface area contributed by atoms with Gasteiger partial charge in [0.25, 0.3) is 10.0 Å². The molecule has 0 bridgehead atoms. The molecule has 1 amide bonds. The maximum atomic E-state index is 14.5. The average molecular weight is 543 g/mol. The van der Waals surface area contributed by atoms with Crippen molar-refractivity contribution in [3.05, 3.63) is 88.2 Å². The van der Waals surface area contributed by atoms with Gasteiger partial charge in [0.1, 0.15) is 17.7 Å². The lowest BCUT2D eigenvalue weighted by molar-refractivity contribution is -0.119. The zero-order valence-electron chi connectivity index (χ0n) is 20.8. The number of sulfonamides is 1. The normalized spacial score (nSPS) is 15.6. The minimum atomic E-state index is -3.92. The molecule has 3 aromatic carbocycles. The molecule has 9 heteroatoms. The molecule has 3 aromatic rings. The SMILES string of the molecule is CC(=O)NCC[C@H]1CN(S(=O)(=O)c2cccc(C)c2)c2cc(/C=C(\C)c3c(F)cccc3Cl)ccc2O1. The number of nitrogens with zero attached hydrogens (tertiary/aromatic N) is 1. The van der Waals surface area contributed by atoms with E-state index in [-0.39, 0.29) is 17.3 Å². The Labute approximate surface area is 221 Å². The van der Waals surface area contributed by atoms with E-state index in [1.54, 1.807) is 61.5 Å². The summed E-state index contributed by atoms with van der Waals surface area (Å²) >= 11 is 6.23. The van der Waals surface area contributed by atoms with E-state index in [2.05, 4.69) is 5.32 Å². The summed E-state index contributed by atoms with van der Waals surface area (Å²) in [4.78, 5) is 11.5. The first-order chi connectivity index (χ1) is 17.6. The van der Waals surface area contributed by atoms with E-state index in [1.807, 2.05) is 13.0 Å². The molecule has 37 heavy (non-hydrogen) atoms. The van der Waals surface area contributed by atoms with Crippen molar-refractivity contribution >= 4 is 44.9 Å². The van der Waals surface area contributed by atoms with Crippen LogP contribution in [0.5, 0.6) is 5.75 Å². The Hall–Kier alpha value is -3.36. The number of nitrogens with one attached hydrogen (secondary N) is 1. The summed E-state index contributed by atoms with van der Waals surface area (Å²) in [6, 6.07) is 16.5. The third-order valence-corrected chi connectivity index (χ3v) is 8.16. The highest BCUT2D eigenvalue weighted by atomic mass is 35.5. The van der Waals surface area contributed by atoms with E-state index in [0.29, 0.717) is 46.1 Å². The maximum Gasteiger partial charge on any atom is 0.264 e. The molecular weight excluding hydrogens is 515 g/mol. The highest BCUT2D eigenvalue weighted by molar-refractivity contribution is 7.92. The van der Waals surface area contributed by atoms with Crippen molar-refractivity contribution in [2.45, 2.75) is 38.2 Å². The number of benzene rings is 3. The standard InChI is InChI=1S/C28H28ClFN2O4S/c1-18-6-4-7-23(14-18)37(34,35)32-17-22(12-13-31-20(3)33)36-27-11-10-21(16-26(27)32)15-19(2)28-24(29)8-5-9-25(28)30/h4-11,14-16,22H,12-13,17H2,1-3H3,(H,31,33)/b19-15+/t22-/m0/s1. The van der Waals surface area contributed by atoms with Gasteiger partial charge in [0, 0.05) is 25.5 Å². The van der Waals surface area contributed by atoms with Crippen LogP contribution in [0.2, 0.25) is 5.02 Å². The summed E-state index contributed by atoms with van der Waals surface area (Å²) in [5.41, 5.74) is 2.77. The first kappa shape index (κ1) is 26.7. The molecule has 1 atom stereocenters. The molecule has 0 spiro atoms. The summed E-state index contributed by atoms with van der Waals surface area (Å²) < 4.78 is 49.5. The van der Waals surface area contributed by atoms with Gasteiger partial charge in [0.05, 0.1) is 22.2 Å². The molecule has 0 saturated carbocycles. The Bertz CT molecular complexity index is 1450. The van der Waals surface area contributed by atoms with Crippen molar-refractivity contribution in [1.29, 1.82) is 0 Å². The number of rotatable bonds is 7. The molecule has 4 rings (SSSR count). The Balaban J connectivity index is 1.75. The molecule has 0 aliphatic carbocycles. The summed E-state index contributed by atoms with van der Waals surface area (Å²) in [7, 11) is -3.92. The van der Waals surface area contributed by atoms with Crippen molar-refractivity contribution in [2.24, 2.45) is 0 Å². The van der Waals surface area contributed by atoms with Crippen LogP contribution in [0.4, 0.5) is 10.1 Å². The van der Waals surface area contributed by atoms with Crippen LogP contribution in [0.15, 0.2) is 65.6 Å². The fraction of sp³-hybridized carbons (Fsp3) is 0.250. The fourth-order valence-corrected chi connectivity index (χ4v) is 6.22. The number of fused-ring (bicyclic) bond motifs is 1. The number of aryl methyl sites for hydroxylation is 1. The molecule has 1 N–H and O–H groups in total. The summed E-state index contributed by atoms with van der Waals surface area (Å²) in [6.07, 6.45) is 1.73. The van der Waals surface area contributed by atoms with Crippen molar-refractivity contribution in [1.82, 2.24) is 5.32 Å². The zero-order chi connectivity index (χ0) is 26.7. The van der Waals surface area contributed by atoms with E-state index in [1.165, 1.54) is 17.3 Å². The quantitative estimate of drug-likeness (QED) is 0.381. The van der Waals surface area contributed by atoms with Gasteiger partial charge in [-0.25, -0.2) is 12.8 Å². The number of allylic oxidation sites excluding steroid dienone is 1. The number of carbonyl (C=O) groups is 1. The van der Waals surface area contributed by atoms with Crippen LogP contribution in [0.25, 0.3) is 11.6 Å². The predicted octanol–water partition coefficient (Wildman–Crippen LogP) is 5.83. The summed E-state index contributed by atoms with van der Waals surface area (Å²) in [6.45, 7) is 5.45. The highest BCUT2D eigenvalue weighted by Crippen LogP contribution is 2.39. The van der Waals surface area contributed by atoms with Crippen LogP contribution in [-0.2, 0) is 14.8 Å². The van der Waals surface area contributed by atoms with E-state index >= 15 is 0 Å². The van der Waals surface area contributed by atoms with Gasteiger partial charge in [-0.3, -0.25) is 9.10 Å². The van der Waals surface area contributed by atoms with Gasteiger partial charge >= 0.3 is 0 Å². The third kappa shape index (κ3) is 5.97. The number of halogens is 2. The van der Waals surface area contributed by atoms with Gasteiger partial charge < -0.3 is 10.1 Å². The van der Waals surface area contributed by atoms with Crippen molar-refractivity contribution in [3.63, 3.8) is 0 Å². The molecule has 1 aliphatic rings. The van der Waals surface area contributed by atoms with Gasteiger partial charge in [0.15, 0.2) is 0 Å². The highest BCUT2D eigenvalue weighted by Gasteiger charge is 2.34. The Kier molecular flexibility index (Phi) is 7.90. The molecule has 0 radical (unpaired) electrons. The number of ether oxygens (including phenoxy) is 1. The Morgan fingerprint density at radius 2 is 1.92 bits per heavy atom. The molecule has 0 unspecified atom stereocenters. The van der Waals surface area contributed by atoms with Crippen LogP contribution in [0.1, 0.15) is 37.0 Å². The van der Waals surface area contributed by atoms with Crippen molar-refractivity contribution < 1.29 is 22.3 Å². The van der Waals surface area contributed by atoms with Crippen molar-refractivity contribution in [3.8, 4) is 5.75 Å². The Morgan fingerprint density at radius 1 is 1.16 bits per heavy atom. The van der Waals surface area contributed by atoms with Gasteiger partial charge in [0.2, 0.25) is 5.91 Å². The van der Waals surface area contributed by atoms with Crippen LogP contribution in [0, 0.1) is 12.7 Å². The van der Waals surface area contributed by atoms with Crippen molar-refractivity contribution in [2.75, 3.05) is 17.4 Å². The second kappa shape index (κ2) is 10.9. The summed E-state index contributed by atoms with van der Waals surface area (Å²) in [5.74, 6) is -0.190. The number of amides is 1. The van der Waals surface area contributed by atoms with Gasteiger partial charge in [-0.05, 0) is 66.9 Å². The maximum absolute atomic E-state index is 14.5. The molecule has 6 nitrogen and oxygen atoms in total. The summed E-state index contributed by atoms with van der Waals surface area (Å²) in [5, 5.41) is 3.02. The van der Waals surface area contributed by atoms with E-state index in [4.69, 9.17) is 16.3 Å². The van der Waals surface area contributed by atoms with Gasteiger partial charge in [-0.15, -0.1) is 0 Å². The number of hydrogen-bond donors (Lipinski definition) is 1. The molecule has 0 fully saturated rings. The van der Waals surface area contributed by atoms with Gasteiger partial charge in [-0.2, -0.15) is 0 Å². The van der Waals surface area contributed by atoms with E-state index in [0.717, 1.165) is 5.56 Å². The first-order valence-corrected chi connectivity index (χ1v) is 13.7. The molecular formula is C28H28ClFN2O4S. The Morgan fingerprint density at radius 3 is 2.62 bits per heavy atom. The zero-order valence-corrected chi connectivity index (χ0v) is 22.4.